The third-order valence-electron chi connectivity index (χ3n) is 12.5. The first-order valence-electron chi connectivity index (χ1n) is 28.9. The molecule has 1 atom stereocenters. The van der Waals surface area contributed by atoms with E-state index in [1.807, 2.05) is 6.08 Å². The van der Waals surface area contributed by atoms with Crippen molar-refractivity contribution in [3.05, 3.63) is 72.9 Å². The smallest absolute Gasteiger partial charge is 0.310 e. The fourth-order valence-electron chi connectivity index (χ4n) is 8.16. The molecule has 0 amide bonds. The van der Waals surface area contributed by atoms with Gasteiger partial charge in [-0.25, -0.2) is 0 Å². The lowest BCUT2D eigenvalue weighted by atomic mass is 10.0. The van der Waals surface area contributed by atoms with E-state index >= 15 is 0 Å². The average molecular weight is 950 g/mol. The number of carbonyl (C=O) groups excluding carboxylic acids is 3. The minimum atomic E-state index is -0.827. The number of allylic oxidation sites excluding steroid dienone is 11. The molecule has 0 saturated carbocycles. The molecular formula is C62H108O6. The van der Waals surface area contributed by atoms with Gasteiger partial charge in [0.05, 0.1) is 6.42 Å². The first kappa shape index (κ1) is 64.8. The summed E-state index contributed by atoms with van der Waals surface area (Å²) in [6.07, 6.45) is 72.2. The van der Waals surface area contributed by atoms with Crippen LogP contribution in [-0.2, 0) is 28.6 Å². The van der Waals surface area contributed by atoms with Crippen molar-refractivity contribution in [1.82, 2.24) is 0 Å². The molecular weight excluding hydrogens is 841 g/mol. The molecule has 0 saturated heterocycles. The number of rotatable bonds is 52. The van der Waals surface area contributed by atoms with Gasteiger partial charge in [0.15, 0.2) is 6.10 Å². The predicted molar refractivity (Wildman–Crippen MR) is 293 cm³/mol. The van der Waals surface area contributed by atoms with Crippen molar-refractivity contribution in [3.63, 3.8) is 0 Å². The molecule has 0 rings (SSSR count). The number of hydrogen-bond donors (Lipinski definition) is 0. The molecule has 0 bridgehead atoms. The van der Waals surface area contributed by atoms with Crippen molar-refractivity contribution in [2.24, 2.45) is 0 Å². The number of hydrogen-bond acceptors (Lipinski definition) is 6. The average Bonchev–Trinajstić information content (AvgIpc) is 3.34. The summed E-state index contributed by atoms with van der Waals surface area (Å²) < 4.78 is 16.7. The van der Waals surface area contributed by atoms with Crippen LogP contribution in [0.2, 0.25) is 0 Å². The Balaban J connectivity index is 4.36. The SMILES string of the molecule is CC/C=C\C/C=C\C/C=C\C/C=C\C/C=C\CC(=O)OC(COC(=O)CCCCCCCCCCCCCC)COC(=O)CCCCCCCCCCCCC/C=C\CCCCCCCCCC. The molecule has 0 aromatic carbocycles. The Labute approximate surface area is 421 Å². The van der Waals surface area contributed by atoms with E-state index < -0.39 is 12.1 Å². The predicted octanol–water partition coefficient (Wildman–Crippen LogP) is 19.4. The van der Waals surface area contributed by atoms with Gasteiger partial charge in [-0.05, 0) is 70.6 Å². The van der Waals surface area contributed by atoms with E-state index in [2.05, 4.69) is 81.5 Å². The molecule has 0 aliphatic heterocycles. The van der Waals surface area contributed by atoms with Crippen LogP contribution in [0.5, 0.6) is 0 Å². The summed E-state index contributed by atoms with van der Waals surface area (Å²) in [6.45, 7) is 6.46. The highest BCUT2D eigenvalue weighted by atomic mass is 16.6. The fraction of sp³-hybridized carbons (Fsp3) is 0.758. The van der Waals surface area contributed by atoms with Crippen LogP contribution < -0.4 is 0 Å². The standard InChI is InChI=1S/C62H108O6/c1-4-7-10-13-16-19-22-25-27-28-29-30-31-32-33-34-36-37-40-43-46-49-52-55-61(64)67-58-59(57-66-60(63)54-51-48-45-42-39-24-21-18-15-12-9-6-3)68-62(65)56-53-50-47-44-41-38-35-26-23-20-17-14-11-8-5-2/h8,11,17,20,26,28-29,35,41,44,50,53,59H,4-7,9-10,12-16,18-19,21-25,27,30-34,36-40,42-43,45-49,51-52,54-58H2,1-3H3/b11-8-,20-17-,29-28-,35-26-,44-41-,53-50-. The van der Waals surface area contributed by atoms with Gasteiger partial charge in [0.2, 0.25) is 0 Å². The van der Waals surface area contributed by atoms with Gasteiger partial charge in [0, 0.05) is 12.8 Å². The molecule has 1 unspecified atom stereocenters. The molecule has 0 heterocycles. The van der Waals surface area contributed by atoms with Crippen molar-refractivity contribution in [2.45, 2.75) is 290 Å². The van der Waals surface area contributed by atoms with Crippen LogP contribution in [0.25, 0.3) is 0 Å². The van der Waals surface area contributed by atoms with E-state index in [1.54, 1.807) is 6.08 Å². The third kappa shape index (κ3) is 53.8. The van der Waals surface area contributed by atoms with E-state index in [0.29, 0.717) is 12.8 Å². The van der Waals surface area contributed by atoms with Gasteiger partial charge in [0.1, 0.15) is 13.2 Å². The number of esters is 3. The van der Waals surface area contributed by atoms with E-state index in [-0.39, 0.29) is 31.6 Å². The summed E-state index contributed by atoms with van der Waals surface area (Å²) in [5.41, 5.74) is 0. The molecule has 0 spiro atoms. The maximum Gasteiger partial charge on any atom is 0.310 e. The van der Waals surface area contributed by atoms with Gasteiger partial charge >= 0.3 is 17.9 Å². The second kappa shape index (κ2) is 56.4. The minimum absolute atomic E-state index is 0.0993. The maximum absolute atomic E-state index is 12.8. The van der Waals surface area contributed by atoms with Gasteiger partial charge in [-0.3, -0.25) is 14.4 Å². The molecule has 6 heteroatoms. The summed E-state index contributed by atoms with van der Waals surface area (Å²) in [5, 5.41) is 0. The van der Waals surface area contributed by atoms with Gasteiger partial charge < -0.3 is 14.2 Å². The number of ether oxygens (including phenoxy) is 3. The Morgan fingerprint density at radius 1 is 0.324 bits per heavy atom. The van der Waals surface area contributed by atoms with Crippen molar-refractivity contribution >= 4 is 17.9 Å². The van der Waals surface area contributed by atoms with Gasteiger partial charge in [-0.2, -0.15) is 0 Å². The highest BCUT2D eigenvalue weighted by Crippen LogP contribution is 2.16. The number of unbranched alkanes of at least 4 members (excludes halogenated alkanes) is 30. The maximum atomic E-state index is 12.8. The van der Waals surface area contributed by atoms with Crippen LogP contribution in [0.3, 0.4) is 0 Å². The summed E-state index contributed by atoms with van der Waals surface area (Å²) in [4.78, 5) is 38.0. The quantitative estimate of drug-likeness (QED) is 0.0262. The molecule has 0 aliphatic carbocycles. The zero-order valence-corrected chi connectivity index (χ0v) is 44.9. The Bertz CT molecular complexity index is 1270. The van der Waals surface area contributed by atoms with E-state index in [4.69, 9.17) is 14.2 Å². The lowest BCUT2D eigenvalue weighted by Crippen LogP contribution is -2.30. The second-order valence-corrected chi connectivity index (χ2v) is 19.2. The summed E-state index contributed by atoms with van der Waals surface area (Å²) >= 11 is 0. The normalized spacial score (nSPS) is 12.6. The molecule has 0 fully saturated rings. The lowest BCUT2D eigenvalue weighted by molar-refractivity contribution is -0.166. The largest absolute Gasteiger partial charge is 0.462 e. The van der Waals surface area contributed by atoms with E-state index in [9.17, 15) is 14.4 Å². The fourth-order valence-corrected chi connectivity index (χ4v) is 8.16. The van der Waals surface area contributed by atoms with Crippen molar-refractivity contribution in [3.8, 4) is 0 Å². The van der Waals surface area contributed by atoms with Crippen molar-refractivity contribution in [1.29, 1.82) is 0 Å². The molecule has 0 aromatic heterocycles. The highest BCUT2D eigenvalue weighted by molar-refractivity contribution is 5.72. The Morgan fingerprint density at radius 3 is 0.956 bits per heavy atom. The van der Waals surface area contributed by atoms with E-state index in [1.165, 1.54) is 173 Å². The molecule has 0 radical (unpaired) electrons. The number of carbonyl (C=O) groups is 3. The molecule has 392 valence electrons. The second-order valence-electron chi connectivity index (χ2n) is 19.2. The van der Waals surface area contributed by atoms with Crippen LogP contribution in [0, 0.1) is 0 Å². The Hall–Kier alpha value is -3.15. The third-order valence-corrected chi connectivity index (χ3v) is 12.5. The molecule has 6 nitrogen and oxygen atoms in total. The monoisotopic (exact) mass is 949 g/mol. The van der Waals surface area contributed by atoms with Crippen LogP contribution in [0.1, 0.15) is 284 Å². The Morgan fingerprint density at radius 2 is 0.618 bits per heavy atom. The summed E-state index contributed by atoms with van der Waals surface area (Å²) in [6, 6.07) is 0. The molecule has 0 N–H and O–H groups in total. The van der Waals surface area contributed by atoms with Gasteiger partial charge in [0.25, 0.3) is 0 Å². The van der Waals surface area contributed by atoms with Crippen molar-refractivity contribution in [2.75, 3.05) is 13.2 Å². The molecule has 0 aliphatic rings. The summed E-state index contributed by atoms with van der Waals surface area (Å²) in [5.74, 6) is -1.03. The zero-order chi connectivity index (χ0) is 49.3. The van der Waals surface area contributed by atoms with Crippen molar-refractivity contribution < 1.29 is 28.6 Å². The minimum Gasteiger partial charge on any atom is -0.462 e. The Kier molecular flexibility index (Phi) is 53.8. The van der Waals surface area contributed by atoms with Crippen LogP contribution in [0.15, 0.2) is 72.9 Å². The van der Waals surface area contributed by atoms with E-state index in [0.717, 1.165) is 70.6 Å². The lowest BCUT2D eigenvalue weighted by Gasteiger charge is -2.18. The highest BCUT2D eigenvalue weighted by Gasteiger charge is 2.19. The molecule has 0 aromatic rings. The van der Waals surface area contributed by atoms with Crippen LogP contribution in [-0.4, -0.2) is 37.2 Å². The first-order valence-corrected chi connectivity index (χ1v) is 28.9. The van der Waals surface area contributed by atoms with Gasteiger partial charge in [-0.15, -0.1) is 0 Å². The van der Waals surface area contributed by atoms with Gasteiger partial charge in [-0.1, -0.05) is 267 Å². The zero-order valence-electron chi connectivity index (χ0n) is 44.9. The summed E-state index contributed by atoms with van der Waals surface area (Å²) in [7, 11) is 0. The van der Waals surface area contributed by atoms with Crippen LogP contribution >= 0.6 is 0 Å². The van der Waals surface area contributed by atoms with Crippen LogP contribution in [0.4, 0.5) is 0 Å². The molecule has 68 heavy (non-hydrogen) atoms. The topological polar surface area (TPSA) is 78.9 Å². The first-order chi connectivity index (χ1) is 33.5.